The molecule has 1 aromatic carbocycles. The molecular weight excluding hydrogens is 428 g/mol. The van der Waals surface area contributed by atoms with Gasteiger partial charge in [-0.2, -0.15) is 0 Å². The van der Waals surface area contributed by atoms with E-state index in [0.717, 1.165) is 30.4 Å². The number of hydrogen-bond donors (Lipinski definition) is 0. The predicted molar refractivity (Wildman–Crippen MR) is 147 cm³/mol. The van der Waals surface area contributed by atoms with Crippen molar-refractivity contribution in [1.82, 2.24) is 0 Å². The Morgan fingerprint density at radius 3 is 2.14 bits per heavy atom. The fourth-order valence-corrected chi connectivity index (χ4v) is 7.98. The Hall–Kier alpha value is -1.31. The SMILES string of the molecule is CCCCCC1CCC(c2ccc(OC(=O)C3CCC(CCC)(C4CCCCC4)CC3)cc2)CC1. The minimum Gasteiger partial charge on any atom is -0.426 e. The van der Waals surface area contributed by atoms with Crippen LogP contribution in [0.1, 0.15) is 147 Å². The van der Waals surface area contributed by atoms with Crippen molar-refractivity contribution in [2.45, 2.75) is 142 Å². The van der Waals surface area contributed by atoms with Crippen molar-refractivity contribution in [3.05, 3.63) is 29.8 Å². The quantitative estimate of drug-likeness (QED) is 0.189. The Kier molecular flexibility index (Phi) is 10.2. The minimum absolute atomic E-state index is 0.0130. The van der Waals surface area contributed by atoms with Gasteiger partial charge in [0.25, 0.3) is 0 Å². The van der Waals surface area contributed by atoms with Gasteiger partial charge >= 0.3 is 5.97 Å². The molecule has 0 spiro atoms. The van der Waals surface area contributed by atoms with Crippen LogP contribution in [-0.4, -0.2) is 5.97 Å². The van der Waals surface area contributed by atoms with Gasteiger partial charge in [-0.05, 0) is 111 Å². The van der Waals surface area contributed by atoms with Crippen LogP contribution in [0.25, 0.3) is 0 Å². The highest BCUT2D eigenvalue weighted by atomic mass is 16.5. The highest BCUT2D eigenvalue weighted by Gasteiger charge is 2.42. The van der Waals surface area contributed by atoms with E-state index in [1.807, 2.05) is 12.1 Å². The first-order chi connectivity index (χ1) is 17.1. The van der Waals surface area contributed by atoms with E-state index < -0.39 is 0 Å². The molecule has 3 saturated carbocycles. The van der Waals surface area contributed by atoms with E-state index in [9.17, 15) is 4.79 Å². The smallest absolute Gasteiger partial charge is 0.314 e. The molecule has 0 saturated heterocycles. The average molecular weight is 481 g/mol. The van der Waals surface area contributed by atoms with Gasteiger partial charge in [0.1, 0.15) is 5.75 Å². The maximum atomic E-state index is 13.0. The molecule has 0 aliphatic heterocycles. The van der Waals surface area contributed by atoms with Crippen molar-refractivity contribution < 1.29 is 9.53 Å². The lowest BCUT2D eigenvalue weighted by atomic mass is 9.58. The largest absolute Gasteiger partial charge is 0.426 e. The number of unbranched alkanes of at least 4 members (excludes halogenated alkanes) is 2. The summed E-state index contributed by atoms with van der Waals surface area (Å²) in [7, 11) is 0. The van der Waals surface area contributed by atoms with Gasteiger partial charge in [-0.15, -0.1) is 0 Å². The van der Waals surface area contributed by atoms with Crippen LogP contribution in [0.5, 0.6) is 5.75 Å². The number of ether oxygens (including phenoxy) is 1. The molecule has 2 nitrogen and oxygen atoms in total. The Morgan fingerprint density at radius 2 is 1.51 bits per heavy atom. The molecule has 1 aromatic rings. The van der Waals surface area contributed by atoms with Crippen LogP contribution >= 0.6 is 0 Å². The molecule has 4 rings (SSSR count). The summed E-state index contributed by atoms with van der Waals surface area (Å²) in [5, 5.41) is 0. The van der Waals surface area contributed by atoms with Crippen molar-refractivity contribution in [2.75, 3.05) is 0 Å². The lowest BCUT2D eigenvalue weighted by Gasteiger charge is -2.47. The first kappa shape index (κ1) is 26.7. The van der Waals surface area contributed by atoms with E-state index in [1.54, 1.807) is 0 Å². The highest BCUT2D eigenvalue weighted by Crippen LogP contribution is 2.52. The molecular formula is C33H52O2. The van der Waals surface area contributed by atoms with E-state index in [0.29, 0.717) is 11.3 Å². The molecule has 35 heavy (non-hydrogen) atoms. The third kappa shape index (κ3) is 7.14. The highest BCUT2D eigenvalue weighted by molar-refractivity contribution is 5.75. The Balaban J connectivity index is 1.24. The molecule has 0 bridgehead atoms. The maximum Gasteiger partial charge on any atom is 0.314 e. The molecule has 196 valence electrons. The second-order valence-electron chi connectivity index (χ2n) is 12.4. The van der Waals surface area contributed by atoms with E-state index >= 15 is 0 Å². The van der Waals surface area contributed by atoms with Crippen LogP contribution in [0.4, 0.5) is 0 Å². The normalized spacial score (nSPS) is 30.2. The van der Waals surface area contributed by atoms with E-state index in [4.69, 9.17) is 4.74 Å². The molecule has 3 aliphatic carbocycles. The Morgan fingerprint density at radius 1 is 0.829 bits per heavy atom. The van der Waals surface area contributed by atoms with Gasteiger partial charge in [0.2, 0.25) is 0 Å². The summed E-state index contributed by atoms with van der Waals surface area (Å²) in [6.07, 6.45) is 25.2. The molecule has 0 aromatic heterocycles. The van der Waals surface area contributed by atoms with Crippen LogP contribution in [-0.2, 0) is 4.79 Å². The lowest BCUT2D eigenvalue weighted by molar-refractivity contribution is -0.141. The van der Waals surface area contributed by atoms with Crippen molar-refractivity contribution in [1.29, 1.82) is 0 Å². The zero-order valence-electron chi connectivity index (χ0n) is 22.9. The van der Waals surface area contributed by atoms with Crippen molar-refractivity contribution >= 4 is 5.97 Å². The summed E-state index contributed by atoms with van der Waals surface area (Å²) in [4.78, 5) is 13.0. The van der Waals surface area contributed by atoms with Crippen LogP contribution < -0.4 is 4.74 Å². The van der Waals surface area contributed by atoms with Gasteiger partial charge < -0.3 is 4.74 Å². The number of hydrogen-bond acceptors (Lipinski definition) is 2. The van der Waals surface area contributed by atoms with Crippen molar-refractivity contribution in [3.8, 4) is 5.75 Å². The fourth-order valence-electron chi connectivity index (χ4n) is 7.98. The third-order valence-corrected chi connectivity index (χ3v) is 10.2. The molecule has 3 aliphatic rings. The molecule has 3 fully saturated rings. The zero-order valence-corrected chi connectivity index (χ0v) is 22.9. The summed E-state index contributed by atoms with van der Waals surface area (Å²) in [5.74, 6) is 3.37. The summed E-state index contributed by atoms with van der Waals surface area (Å²) in [6, 6.07) is 8.54. The van der Waals surface area contributed by atoms with Gasteiger partial charge in [-0.3, -0.25) is 4.79 Å². The maximum absolute atomic E-state index is 13.0. The zero-order chi connectivity index (χ0) is 24.5. The van der Waals surface area contributed by atoms with Gasteiger partial charge in [-0.1, -0.05) is 77.3 Å². The van der Waals surface area contributed by atoms with E-state index in [-0.39, 0.29) is 11.9 Å². The van der Waals surface area contributed by atoms with Gasteiger partial charge in [0.15, 0.2) is 0 Å². The molecule has 0 N–H and O–H groups in total. The standard InChI is InChI=1S/C33H52O2/c1-3-5-7-10-26-13-15-27(16-14-26)28-17-19-31(20-18-28)35-32(34)29-21-24-33(23-4-2,25-22-29)30-11-8-6-9-12-30/h17-20,26-27,29-30H,3-16,21-25H2,1-2H3. The summed E-state index contributed by atoms with van der Waals surface area (Å²) in [5.41, 5.74) is 1.94. The third-order valence-electron chi connectivity index (χ3n) is 10.2. The molecule has 0 heterocycles. The van der Waals surface area contributed by atoms with Crippen LogP contribution in [0.2, 0.25) is 0 Å². The minimum atomic E-state index is 0.0130. The molecule has 0 atom stereocenters. The number of rotatable bonds is 10. The summed E-state index contributed by atoms with van der Waals surface area (Å²) >= 11 is 0. The van der Waals surface area contributed by atoms with Crippen LogP contribution in [0.15, 0.2) is 24.3 Å². The van der Waals surface area contributed by atoms with Crippen LogP contribution in [0, 0.1) is 23.2 Å². The second-order valence-corrected chi connectivity index (χ2v) is 12.4. The van der Waals surface area contributed by atoms with Crippen molar-refractivity contribution in [2.24, 2.45) is 23.2 Å². The average Bonchev–Trinajstić information content (AvgIpc) is 2.91. The van der Waals surface area contributed by atoms with E-state index in [2.05, 4.69) is 26.0 Å². The predicted octanol–water partition coefficient (Wildman–Crippen LogP) is 10.0. The summed E-state index contributed by atoms with van der Waals surface area (Å²) in [6.45, 7) is 4.64. The number of carbonyl (C=O) groups is 1. The molecule has 2 heteroatoms. The fraction of sp³-hybridized carbons (Fsp3) is 0.788. The molecule has 0 unspecified atom stereocenters. The van der Waals surface area contributed by atoms with Crippen LogP contribution in [0.3, 0.4) is 0 Å². The molecule has 0 amide bonds. The van der Waals surface area contributed by atoms with Gasteiger partial charge in [0.05, 0.1) is 5.92 Å². The first-order valence-corrected chi connectivity index (χ1v) is 15.4. The van der Waals surface area contributed by atoms with E-state index in [1.165, 1.54) is 115 Å². The monoisotopic (exact) mass is 480 g/mol. The number of benzene rings is 1. The Labute approximate surface area is 216 Å². The second kappa shape index (κ2) is 13.3. The summed E-state index contributed by atoms with van der Waals surface area (Å²) < 4.78 is 5.90. The number of esters is 1. The number of carbonyl (C=O) groups excluding carboxylic acids is 1. The van der Waals surface area contributed by atoms with Crippen molar-refractivity contribution in [3.63, 3.8) is 0 Å². The Bertz CT molecular complexity index is 744. The lowest BCUT2D eigenvalue weighted by Crippen LogP contribution is -2.38. The van der Waals surface area contributed by atoms with Gasteiger partial charge in [0, 0.05) is 0 Å². The topological polar surface area (TPSA) is 26.3 Å². The molecule has 0 radical (unpaired) electrons. The van der Waals surface area contributed by atoms with Gasteiger partial charge in [-0.25, -0.2) is 0 Å². The first-order valence-electron chi connectivity index (χ1n) is 15.4.